The van der Waals surface area contributed by atoms with Gasteiger partial charge in [0.2, 0.25) is 0 Å². The molecule has 0 atom stereocenters. The monoisotopic (exact) mass is 400 g/mol. The smallest absolute Gasteiger partial charge is 0.271 e. The molecule has 1 heterocycles. The highest BCUT2D eigenvalue weighted by atomic mass is 19.1. The number of hydrogen-bond donors (Lipinski definition) is 1. The van der Waals surface area contributed by atoms with E-state index in [1.165, 1.54) is 18.3 Å². The number of carbonyl (C=O) groups excluding carboxylic acids is 1. The molecular formula is C23H17FN4O2. The molecule has 4 aromatic rings. The van der Waals surface area contributed by atoms with Crippen LogP contribution in [0.2, 0.25) is 0 Å². The van der Waals surface area contributed by atoms with E-state index in [2.05, 4.69) is 15.6 Å². The summed E-state index contributed by atoms with van der Waals surface area (Å²) in [6.45, 7) is -0.302. The fraction of sp³-hybridized carbons (Fsp3) is 0.0435. The lowest BCUT2D eigenvalue weighted by Gasteiger charge is -2.10. The Morgan fingerprint density at radius 2 is 1.63 bits per heavy atom. The highest BCUT2D eigenvalue weighted by molar-refractivity contribution is 5.94. The molecule has 0 fully saturated rings. The van der Waals surface area contributed by atoms with E-state index in [-0.39, 0.29) is 12.4 Å². The van der Waals surface area contributed by atoms with Gasteiger partial charge in [-0.15, -0.1) is 0 Å². The molecule has 30 heavy (non-hydrogen) atoms. The van der Waals surface area contributed by atoms with E-state index in [0.29, 0.717) is 22.0 Å². The summed E-state index contributed by atoms with van der Waals surface area (Å²) in [5.41, 5.74) is 3.98. The van der Waals surface area contributed by atoms with Crippen molar-refractivity contribution in [3.63, 3.8) is 0 Å². The first-order valence-electron chi connectivity index (χ1n) is 9.24. The van der Waals surface area contributed by atoms with Crippen LogP contribution >= 0.6 is 0 Å². The molecule has 0 unspecified atom stereocenters. The third kappa shape index (κ3) is 4.15. The van der Waals surface area contributed by atoms with Crippen molar-refractivity contribution in [1.29, 1.82) is 0 Å². The Morgan fingerprint density at radius 1 is 0.967 bits per heavy atom. The Morgan fingerprint density at radius 3 is 2.37 bits per heavy atom. The molecule has 1 N–H and O–H groups in total. The van der Waals surface area contributed by atoms with Gasteiger partial charge in [-0.2, -0.15) is 10.2 Å². The SMILES string of the molecule is O=C(Cn1nc(-c2ccc(F)cc2)c2ccccc2c1=O)N/N=C/c1ccccc1. The van der Waals surface area contributed by atoms with Gasteiger partial charge < -0.3 is 0 Å². The highest BCUT2D eigenvalue weighted by Crippen LogP contribution is 2.24. The predicted octanol–water partition coefficient (Wildman–Crippen LogP) is 3.35. The molecule has 148 valence electrons. The molecule has 0 aliphatic carbocycles. The Kier molecular flexibility index (Phi) is 5.43. The topological polar surface area (TPSA) is 76.3 Å². The van der Waals surface area contributed by atoms with Crippen molar-refractivity contribution in [3.8, 4) is 11.3 Å². The van der Waals surface area contributed by atoms with Crippen molar-refractivity contribution in [2.45, 2.75) is 6.54 Å². The van der Waals surface area contributed by atoms with Crippen molar-refractivity contribution in [1.82, 2.24) is 15.2 Å². The molecule has 6 nitrogen and oxygen atoms in total. The molecular weight excluding hydrogens is 383 g/mol. The molecule has 1 aromatic heterocycles. The van der Waals surface area contributed by atoms with Crippen LogP contribution in [0.1, 0.15) is 5.56 Å². The van der Waals surface area contributed by atoms with Gasteiger partial charge in [-0.1, -0.05) is 48.5 Å². The van der Waals surface area contributed by atoms with Crippen molar-refractivity contribution in [2.24, 2.45) is 5.10 Å². The van der Waals surface area contributed by atoms with Gasteiger partial charge in [0, 0.05) is 10.9 Å². The second-order valence-electron chi connectivity index (χ2n) is 6.57. The summed E-state index contributed by atoms with van der Waals surface area (Å²) in [7, 11) is 0. The third-order valence-electron chi connectivity index (χ3n) is 4.48. The van der Waals surface area contributed by atoms with Crippen LogP contribution in [0.15, 0.2) is 88.8 Å². The van der Waals surface area contributed by atoms with E-state index in [1.807, 2.05) is 30.3 Å². The number of rotatable bonds is 5. The van der Waals surface area contributed by atoms with Crippen LogP contribution in [0.4, 0.5) is 4.39 Å². The fourth-order valence-electron chi connectivity index (χ4n) is 3.05. The first kappa shape index (κ1) is 19.2. The molecule has 7 heteroatoms. The van der Waals surface area contributed by atoms with Gasteiger partial charge in [0.05, 0.1) is 17.3 Å². The summed E-state index contributed by atoms with van der Waals surface area (Å²) in [5.74, 6) is -0.857. The number of aromatic nitrogens is 2. The number of nitrogens with zero attached hydrogens (tertiary/aromatic N) is 3. The first-order chi connectivity index (χ1) is 14.6. The minimum atomic E-state index is -0.489. The van der Waals surface area contributed by atoms with Gasteiger partial charge in [-0.05, 0) is 35.9 Å². The highest BCUT2D eigenvalue weighted by Gasteiger charge is 2.14. The molecule has 0 bridgehead atoms. The minimum absolute atomic E-state index is 0.302. The van der Waals surface area contributed by atoms with Gasteiger partial charge in [0.25, 0.3) is 11.5 Å². The van der Waals surface area contributed by atoms with Crippen LogP contribution in [0.25, 0.3) is 22.0 Å². The maximum atomic E-state index is 13.3. The number of fused-ring (bicyclic) bond motifs is 1. The molecule has 0 aliphatic rings. The molecule has 0 radical (unpaired) electrons. The number of nitrogens with one attached hydrogen (secondary N) is 1. The van der Waals surface area contributed by atoms with Gasteiger partial charge in [0.1, 0.15) is 12.4 Å². The Bertz CT molecular complexity index is 1280. The Balaban J connectivity index is 1.64. The lowest BCUT2D eigenvalue weighted by atomic mass is 10.1. The van der Waals surface area contributed by atoms with Crippen LogP contribution in [0.5, 0.6) is 0 Å². The zero-order valence-electron chi connectivity index (χ0n) is 15.8. The second-order valence-corrected chi connectivity index (χ2v) is 6.57. The van der Waals surface area contributed by atoms with Crippen molar-refractivity contribution in [3.05, 3.63) is 101 Å². The fourth-order valence-corrected chi connectivity index (χ4v) is 3.05. The summed E-state index contributed by atoms with van der Waals surface area (Å²) in [6, 6.07) is 22.1. The van der Waals surface area contributed by atoms with Gasteiger partial charge in [-0.25, -0.2) is 14.5 Å². The van der Waals surface area contributed by atoms with Gasteiger partial charge >= 0.3 is 0 Å². The van der Waals surface area contributed by atoms with Crippen molar-refractivity contribution >= 4 is 22.9 Å². The average Bonchev–Trinajstić information content (AvgIpc) is 2.77. The van der Waals surface area contributed by atoms with E-state index in [4.69, 9.17) is 0 Å². The summed E-state index contributed by atoms with van der Waals surface area (Å²) >= 11 is 0. The van der Waals surface area contributed by atoms with E-state index >= 15 is 0 Å². The average molecular weight is 400 g/mol. The van der Waals surface area contributed by atoms with E-state index < -0.39 is 11.5 Å². The molecule has 0 aliphatic heterocycles. The van der Waals surface area contributed by atoms with E-state index in [9.17, 15) is 14.0 Å². The van der Waals surface area contributed by atoms with E-state index in [0.717, 1.165) is 10.2 Å². The van der Waals surface area contributed by atoms with Crippen LogP contribution in [-0.4, -0.2) is 21.9 Å². The number of halogens is 1. The zero-order valence-corrected chi connectivity index (χ0v) is 15.8. The van der Waals surface area contributed by atoms with Crippen LogP contribution in [-0.2, 0) is 11.3 Å². The molecule has 0 spiro atoms. The maximum absolute atomic E-state index is 13.3. The number of hydrazone groups is 1. The van der Waals surface area contributed by atoms with Crippen LogP contribution in [0, 0.1) is 5.82 Å². The molecule has 0 saturated heterocycles. The molecule has 4 rings (SSSR count). The van der Waals surface area contributed by atoms with E-state index in [1.54, 1.807) is 36.4 Å². The first-order valence-corrected chi connectivity index (χ1v) is 9.24. The van der Waals surface area contributed by atoms with Crippen LogP contribution in [0.3, 0.4) is 0 Å². The number of carbonyl (C=O) groups is 1. The van der Waals surface area contributed by atoms with Crippen LogP contribution < -0.4 is 11.0 Å². The molecule has 3 aromatic carbocycles. The summed E-state index contributed by atoms with van der Waals surface area (Å²) < 4.78 is 14.4. The normalized spacial score (nSPS) is 11.1. The Hall–Kier alpha value is -4.13. The summed E-state index contributed by atoms with van der Waals surface area (Å²) in [4.78, 5) is 25.1. The van der Waals surface area contributed by atoms with Gasteiger partial charge in [0.15, 0.2) is 0 Å². The quantitative estimate of drug-likeness (QED) is 0.412. The standard InChI is InChI=1S/C23H17FN4O2/c24-18-12-10-17(11-13-18)22-19-8-4-5-9-20(19)23(30)28(27-22)15-21(29)26-25-14-16-6-2-1-3-7-16/h1-14H,15H2,(H,26,29)/b25-14+. The number of benzene rings is 3. The second kappa shape index (κ2) is 8.48. The zero-order chi connectivity index (χ0) is 20.9. The number of amides is 1. The summed E-state index contributed by atoms with van der Waals surface area (Å²) in [6.07, 6.45) is 1.51. The third-order valence-corrected chi connectivity index (χ3v) is 4.48. The molecule has 0 saturated carbocycles. The summed E-state index contributed by atoms with van der Waals surface area (Å²) in [5, 5.41) is 9.34. The molecule has 1 amide bonds. The van der Waals surface area contributed by atoms with Crippen molar-refractivity contribution < 1.29 is 9.18 Å². The minimum Gasteiger partial charge on any atom is -0.271 e. The number of hydrogen-bond acceptors (Lipinski definition) is 4. The van der Waals surface area contributed by atoms with Gasteiger partial charge in [-0.3, -0.25) is 9.59 Å². The Labute approximate surface area is 171 Å². The predicted molar refractivity (Wildman–Crippen MR) is 114 cm³/mol. The lowest BCUT2D eigenvalue weighted by molar-refractivity contribution is -0.121. The lowest BCUT2D eigenvalue weighted by Crippen LogP contribution is -2.32. The largest absolute Gasteiger partial charge is 0.275 e. The van der Waals surface area contributed by atoms with Crippen molar-refractivity contribution in [2.75, 3.05) is 0 Å². The maximum Gasteiger partial charge on any atom is 0.275 e.